The van der Waals surface area contributed by atoms with E-state index in [0.29, 0.717) is 6.42 Å². The van der Waals surface area contributed by atoms with Gasteiger partial charge in [-0.25, -0.2) is 0 Å². The summed E-state index contributed by atoms with van der Waals surface area (Å²) in [5.74, 6) is -0.0153. The summed E-state index contributed by atoms with van der Waals surface area (Å²) in [4.78, 5) is 15.8. The number of halogens is 1. The quantitative estimate of drug-likeness (QED) is 0.930. The number of methoxy groups -OCH3 is 1. The monoisotopic (exact) mass is 298 g/mol. The van der Waals surface area contributed by atoms with Crippen LogP contribution in [0.1, 0.15) is 25.7 Å². The molecular formula is C12H15BrN2O2. The molecule has 1 fully saturated rings. The van der Waals surface area contributed by atoms with Gasteiger partial charge in [-0.1, -0.05) is 0 Å². The molecule has 0 radical (unpaired) electrons. The van der Waals surface area contributed by atoms with Gasteiger partial charge >= 0.3 is 0 Å². The fourth-order valence-corrected chi connectivity index (χ4v) is 2.34. The molecule has 1 aliphatic carbocycles. The predicted octanol–water partition coefficient (Wildman–Crippen LogP) is 2.74. The summed E-state index contributed by atoms with van der Waals surface area (Å²) in [5.41, 5.74) is 0.513. The molecule has 4 nitrogen and oxygen atoms in total. The average molecular weight is 299 g/mol. The molecule has 2 rings (SSSR count). The molecule has 1 amide bonds. The zero-order chi connectivity index (χ0) is 12.3. The van der Waals surface area contributed by atoms with Gasteiger partial charge in [0.1, 0.15) is 0 Å². The number of amides is 1. The van der Waals surface area contributed by atoms with Crippen molar-refractivity contribution in [2.45, 2.75) is 31.3 Å². The van der Waals surface area contributed by atoms with E-state index < -0.39 is 0 Å². The lowest BCUT2D eigenvalue weighted by Gasteiger charge is -2.39. The van der Waals surface area contributed by atoms with E-state index in [2.05, 4.69) is 26.2 Å². The molecule has 0 bridgehead atoms. The molecule has 92 valence electrons. The van der Waals surface area contributed by atoms with E-state index in [1.807, 2.05) is 0 Å². The standard InChI is InChI=1S/C12H15BrN2O2/c1-17-12(4-2-5-12)7-11(16)15-10-3-6-14-8-9(10)13/h3,6,8H,2,4-5,7H2,1H3,(H,14,15,16). The zero-order valence-electron chi connectivity index (χ0n) is 9.70. The number of hydrogen-bond acceptors (Lipinski definition) is 3. The van der Waals surface area contributed by atoms with Crippen LogP contribution in [0.3, 0.4) is 0 Å². The SMILES string of the molecule is COC1(CC(=O)Nc2ccncc2Br)CCC1. The Morgan fingerprint density at radius 2 is 2.41 bits per heavy atom. The van der Waals surface area contributed by atoms with Gasteiger partial charge in [-0.05, 0) is 41.3 Å². The van der Waals surface area contributed by atoms with Crippen LogP contribution >= 0.6 is 15.9 Å². The summed E-state index contributed by atoms with van der Waals surface area (Å²) >= 11 is 3.34. The molecule has 0 saturated heterocycles. The highest BCUT2D eigenvalue weighted by atomic mass is 79.9. The van der Waals surface area contributed by atoms with Crippen LogP contribution in [0, 0.1) is 0 Å². The molecule has 17 heavy (non-hydrogen) atoms. The van der Waals surface area contributed by atoms with Gasteiger partial charge in [-0.15, -0.1) is 0 Å². The average Bonchev–Trinajstić information content (AvgIpc) is 2.27. The lowest BCUT2D eigenvalue weighted by molar-refractivity contribution is -0.129. The third-order valence-electron chi connectivity index (χ3n) is 3.23. The van der Waals surface area contributed by atoms with Crippen molar-refractivity contribution >= 4 is 27.5 Å². The molecule has 1 heterocycles. The molecule has 1 aromatic rings. The first-order valence-electron chi connectivity index (χ1n) is 5.60. The molecule has 0 unspecified atom stereocenters. The summed E-state index contributed by atoms with van der Waals surface area (Å²) < 4.78 is 6.21. The third kappa shape index (κ3) is 2.84. The van der Waals surface area contributed by atoms with Crippen molar-refractivity contribution in [3.05, 3.63) is 22.9 Å². The van der Waals surface area contributed by atoms with E-state index in [1.54, 1.807) is 25.6 Å². The number of hydrogen-bond donors (Lipinski definition) is 1. The predicted molar refractivity (Wildman–Crippen MR) is 68.8 cm³/mol. The number of carbonyl (C=O) groups is 1. The number of ether oxygens (including phenoxy) is 1. The first-order chi connectivity index (χ1) is 8.15. The number of pyridine rings is 1. The highest BCUT2D eigenvalue weighted by Crippen LogP contribution is 2.38. The second kappa shape index (κ2) is 5.14. The van der Waals surface area contributed by atoms with Crippen LogP contribution in [0.25, 0.3) is 0 Å². The number of aromatic nitrogens is 1. The fourth-order valence-electron chi connectivity index (χ4n) is 1.99. The van der Waals surface area contributed by atoms with E-state index in [9.17, 15) is 4.79 Å². The maximum absolute atomic E-state index is 11.9. The van der Waals surface area contributed by atoms with Gasteiger partial charge in [0.2, 0.25) is 5.91 Å². The van der Waals surface area contributed by atoms with Gasteiger partial charge in [0.25, 0.3) is 0 Å². The zero-order valence-corrected chi connectivity index (χ0v) is 11.3. The fraction of sp³-hybridized carbons (Fsp3) is 0.500. The van der Waals surface area contributed by atoms with Gasteiger partial charge in [-0.2, -0.15) is 0 Å². The molecule has 0 atom stereocenters. The number of rotatable bonds is 4. The van der Waals surface area contributed by atoms with Gasteiger partial charge in [0, 0.05) is 19.5 Å². The van der Waals surface area contributed by atoms with Crippen molar-refractivity contribution in [3.63, 3.8) is 0 Å². The topological polar surface area (TPSA) is 51.2 Å². The second-order valence-electron chi connectivity index (χ2n) is 4.32. The molecule has 5 heteroatoms. The lowest BCUT2D eigenvalue weighted by Crippen LogP contribution is -2.42. The summed E-state index contributed by atoms with van der Waals surface area (Å²) in [6, 6.07) is 1.77. The Bertz CT molecular complexity index is 413. The van der Waals surface area contributed by atoms with Crippen LogP contribution in [0.2, 0.25) is 0 Å². The van der Waals surface area contributed by atoms with E-state index in [-0.39, 0.29) is 11.5 Å². The van der Waals surface area contributed by atoms with Crippen LogP contribution in [0.15, 0.2) is 22.9 Å². The van der Waals surface area contributed by atoms with E-state index >= 15 is 0 Å². The van der Waals surface area contributed by atoms with Crippen LogP contribution < -0.4 is 5.32 Å². The van der Waals surface area contributed by atoms with E-state index in [1.165, 1.54) is 0 Å². The van der Waals surface area contributed by atoms with Crippen LogP contribution in [-0.2, 0) is 9.53 Å². The van der Waals surface area contributed by atoms with E-state index in [0.717, 1.165) is 29.4 Å². The first-order valence-corrected chi connectivity index (χ1v) is 6.39. The Kier molecular flexibility index (Phi) is 3.79. The Morgan fingerprint density at radius 1 is 1.65 bits per heavy atom. The van der Waals surface area contributed by atoms with Crippen LogP contribution in [-0.4, -0.2) is 23.6 Å². The summed E-state index contributed by atoms with van der Waals surface area (Å²) in [5, 5.41) is 2.86. The molecule has 0 aromatic carbocycles. The maximum Gasteiger partial charge on any atom is 0.227 e. The minimum atomic E-state index is -0.233. The van der Waals surface area contributed by atoms with Crippen LogP contribution in [0.4, 0.5) is 5.69 Å². The number of nitrogens with zero attached hydrogens (tertiary/aromatic N) is 1. The van der Waals surface area contributed by atoms with Crippen molar-refractivity contribution in [2.24, 2.45) is 0 Å². The summed E-state index contributed by atoms with van der Waals surface area (Å²) in [6.45, 7) is 0. The largest absolute Gasteiger partial charge is 0.378 e. The number of anilines is 1. The second-order valence-corrected chi connectivity index (χ2v) is 5.18. The maximum atomic E-state index is 11.9. The van der Waals surface area contributed by atoms with Gasteiger partial charge in [0.15, 0.2) is 0 Å². The highest BCUT2D eigenvalue weighted by Gasteiger charge is 2.39. The van der Waals surface area contributed by atoms with Gasteiger partial charge < -0.3 is 10.1 Å². The minimum Gasteiger partial charge on any atom is -0.378 e. The molecule has 1 aliphatic rings. The van der Waals surface area contributed by atoms with E-state index in [4.69, 9.17) is 4.74 Å². The third-order valence-corrected chi connectivity index (χ3v) is 3.86. The molecule has 1 N–H and O–H groups in total. The molecule has 1 aromatic heterocycles. The Balaban J connectivity index is 1.96. The Hall–Kier alpha value is -0.940. The van der Waals surface area contributed by atoms with Crippen molar-refractivity contribution < 1.29 is 9.53 Å². The molecule has 1 saturated carbocycles. The Labute approximate surface area is 109 Å². The smallest absolute Gasteiger partial charge is 0.227 e. The molecular weight excluding hydrogens is 284 g/mol. The first kappa shape index (κ1) is 12.5. The highest BCUT2D eigenvalue weighted by molar-refractivity contribution is 9.10. The van der Waals surface area contributed by atoms with Crippen molar-refractivity contribution in [1.29, 1.82) is 0 Å². The lowest BCUT2D eigenvalue weighted by atomic mass is 9.77. The van der Waals surface area contributed by atoms with Crippen molar-refractivity contribution in [2.75, 3.05) is 12.4 Å². The molecule has 0 spiro atoms. The molecule has 0 aliphatic heterocycles. The van der Waals surface area contributed by atoms with Gasteiger partial charge in [-0.3, -0.25) is 9.78 Å². The van der Waals surface area contributed by atoms with Gasteiger partial charge in [0.05, 0.1) is 22.2 Å². The van der Waals surface area contributed by atoms with Crippen molar-refractivity contribution in [1.82, 2.24) is 4.98 Å². The summed E-state index contributed by atoms with van der Waals surface area (Å²) in [7, 11) is 1.68. The minimum absolute atomic E-state index is 0.0153. The summed E-state index contributed by atoms with van der Waals surface area (Å²) in [6.07, 6.45) is 6.79. The number of nitrogens with one attached hydrogen (secondary N) is 1. The Morgan fingerprint density at radius 3 is 2.94 bits per heavy atom. The number of carbonyl (C=O) groups excluding carboxylic acids is 1. The normalized spacial score (nSPS) is 17.3. The van der Waals surface area contributed by atoms with Crippen LogP contribution in [0.5, 0.6) is 0 Å². The van der Waals surface area contributed by atoms with Crippen molar-refractivity contribution in [3.8, 4) is 0 Å².